The van der Waals surface area contributed by atoms with Gasteiger partial charge in [-0.05, 0) is 30.5 Å². The number of hydrogen-bond donors (Lipinski definition) is 2. The fourth-order valence-corrected chi connectivity index (χ4v) is 3.71. The Labute approximate surface area is 129 Å². The average Bonchev–Trinajstić information content (AvgIpc) is 2.78. The molecule has 0 spiro atoms. The van der Waals surface area contributed by atoms with Gasteiger partial charge in [0.05, 0.1) is 17.1 Å². The third kappa shape index (κ3) is 3.88. The van der Waals surface area contributed by atoms with E-state index in [-0.39, 0.29) is 17.4 Å². The van der Waals surface area contributed by atoms with E-state index in [9.17, 15) is 17.6 Å². The average molecular weight is 329 g/mol. The van der Waals surface area contributed by atoms with E-state index in [0.29, 0.717) is 25.2 Å². The summed E-state index contributed by atoms with van der Waals surface area (Å²) in [5.74, 6) is -0.251. The molecule has 6 nitrogen and oxygen atoms in total. The lowest BCUT2D eigenvalue weighted by molar-refractivity contribution is 0.250. The lowest BCUT2D eigenvalue weighted by atomic mass is 10.2. The number of carbonyl (C=O) groups excluding carboxylic acids is 1. The summed E-state index contributed by atoms with van der Waals surface area (Å²) < 4.78 is 38.8. The number of benzene rings is 1. The number of carbonyl (C=O) groups is 1. The van der Waals surface area contributed by atoms with Gasteiger partial charge >= 0.3 is 6.03 Å². The van der Waals surface area contributed by atoms with Crippen LogP contribution < -0.4 is 14.9 Å². The van der Waals surface area contributed by atoms with Gasteiger partial charge in [0, 0.05) is 13.1 Å². The highest BCUT2D eigenvalue weighted by molar-refractivity contribution is 7.93. The number of amides is 2. The second kappa shape index (κ2) is 6.51. The molecule has 2 amide bonds. The quantitative estimate of drug-likeness (QED) is 0.888. The zero-order chi connectivity index (χ0) is 16.3. The third-order valence-electron chi connectivity index (χ3n) is 3.26. The van der Waals surface area contributed by atoms with Gasteiger partial charge in [0.1, 0.15) is 5.82 Å². The zero-order valence-corrected chi connectivity index (χ0v) is 13.4. The summed E-state index contributed by atoms with van der Waals surface area (Å²) >= 11 is 0. The number of nitrogens with one attached hydrogen (secondary N) is 2. The molecule has 0 radical (unpaired) electrons. The molecule has 0 aromatic heterocycles. The lowest BCUT2D eigenvalue weighted by Crippen LogP contribution is -2.32. The van der Waals surface area contributed by atoms with Crippen molar-refractivity contribution in [2.24, 2.45) is 5.92 Å². The van der Waals surface area contributed by atoms with Crippen molar-refractivity contribution in [3.05, 3.63) is 24.0 Å². The van der Waals surface area contributed by atoms with E-state index in [4.69, 9.17) is 0 Å². The Balaban J connectivity index is 2.15. The topological polar surface area (TPSA) is 78.5 Å². The largest absolute Gasteiger partial charge is 0.338 e. The molecule has 0 saturated carbocycles. The Morgan fingerprint density at radius 3 is 2.73 bits per heavy atom. The highest BCUT2D eigenvalue weighted by Gasteiger charge is 2.28. The second-order valence-corrected chi connectivity index (χ2v) is 7.65. The van der Waals surface area contributed by atoms with Crippen molar-refractivity contribution in [3.63, 3.8) is 0 Å². The van der Waals surface area contributed by atoms with Gasteiger partial charge in [0.2, 0.25) is 10.0 Å². The highest BCUT2D eigenvalue weighted by atomic mass is 32.2. The Morgan fingerprint density at radius 1 is 1.41 bits per heavy atom. The molecule has 122 valence electrons. The number of sulfonamides is 1. The molecule has 0 unspecified atom stereocenters. The molecule has 1 fully saturated rings. The standard InChI is InChI=1S/C14H20FN3O3S/c1-10(2)9-16-14(19)17-13-8-11(4-5-12(13)15)18-6-3-7-22(18,20)21/h4-5,8,10H,3,6-7,9H2,1-2H3,(H2,16,17,19). The van der Waals surface area contributed by atoms with E-state index in [1.54, 1.807) is 0 Å². The molecule has 0 atom stereocenters. The normalized spacial score (nSPS) is 16.8. The molecule has 22 heavy (non-hydrogen) atoms. The first-order valence-corrected chi connectivity index (χ1v) is 8.75. The lowest BCUT2D eigenvalue weighted by Gasteiger charge is -2.18. The molecular formula is C14H20FN3O3S. The molecular weight excluding hydrogens is 309 g/mol. The Hall–Kier alpha value is -1.83. The van der Waals surface area contributed by atoms with Crippen molar-refractivity contribution in [3.8, 4) is 0 Å². The fourth-order valence-electron chi connectivity index (χ4n) is 2.16. The maximum absolute atomic E-state index is 13.8. The van der Waals surface area contributed by atoms with Crippen molar-refractivity contribution in [2.45, 2.75) is 20.3 Å². The number of nitrogens with zero attached hydrogens (tertiary/aromatic N) is 1. The number of rotatable bonds is 4. The first-order chi connectivity index (χ1) is 10.3. The molecule has 2 N–H and O–H groups in total. The SMILES string of the molecule is CC(C)CNC(=O)Nc1cc(N2CCCS2(=O)=O)ccc1F. The van der Waals surface area contributed by atoms with Crippen LogP contribution in [0.3, 0.4) is 0 Å². The van der Waals surface area contributed by atoms with Gasteiger partial charge in [0.25, 0.3) is 0 Å². The van der Waals surface area contributed by atoms with Crippen LogP contribution in [0.2, 0.25) is 0 Å². The summed E-state index contributed by atoms with van der Waals surface area (Å²) in [7, 11) is -3.34. The van der Waals surface area contributed by atoms with E-state index >= 15 is 0 Å². The van der Waals surface area contributed by atoms with E-state index in [1.807, 2.05) is 13.8 Å². The van der Waals surface area contributed by atoms with Gasteiger partial charge in [-0.15, -0.1) is 0 Å². The van der Waals surface area contributed by atoms with E-state index in [1.165, 1.54) is 16.4 Å². The van der Waals surface area contributed by atoms with Crippen LogP contribution in [0.25, 0.3) is 0 Å². The van der Waals surface area contributed by atoms with Gasteiger partial charge in [-0.3, -0.25) is 4.31 Å². The van der Waals surface area contributed by atoms with Crippen molar-refractivity contribution in [1.29, 1.82) is 0 Å². The number of halogens is 1. The van der Waals surface area contributed by atoms with Gasteiger partial charge in [-0.25, -0.2) is 17.6 Å². The first kappa shape index (κ1) is 16.5. The maximum atomic E-state index is 13.8. The number of hydrogen-bond acceptors (Lipinski definition) is 3. The van der Waals surface area contributed by atoms with Crippen LogP contribution in [-0.2, 0) is 10.0 Å². The van der Waals surface area contributed by atoms with Crippen LogP contribution in [0.15, 0.2) is 18.2 Å². The van der Waals surface area contributed by atoms with Crippen LogP contribution >= 0.6 is 0 Å². The van der Waals surface area contributed by atoms with Crippen LogP contribution in [0.4, 0.5) is 20.6 Å². The van der Waals surface area contributed by atoms with Crippen LogP contribution in [0.1, 0.15) is 20.3 Å². The molecule has 1 aromatic carbocycles. The van der Waals surface area contributed by atoms with Crippen molar-refractivity contribution < 1.29 is 17.6 Å². The smallest absolute Gasteiger partial charge is 0.319 e. The van der Waals surface area contributed by atoms with Crippen molar-refractivity contribution in [2.75, 3.05) is 28.5 Å². The molecule has 0 bridgehead atoms. The molecule has 1 saturated heterocycles. The van der Waals surface area contributed by atoms with Gasteiger partial charge in [-0.1, -0.05) is 13.8 Å². The summed E-state index contributed by atoms with van der Waals surface area (Å²) in [5.41, 5.74) is 0.318. The molecule has 1 aliphatic heterocycles. The van der Waals surface area contributed by atoms with Crippen molar-refractivity contribution >= 4 is 27.4 Å². The molecule has 1 aliphatic rings. The maximum Gasteiger partial charge on any atom is 0.319 e. The molecule has 1 aromatic rings. The minimum Gasteiger partial charge on any atom is -0.338 e. The van der Waals surface area contributed by atoms with Gasteiger partial charge in [0.15, 0.2) is 0 Å². The third-order valence-corrected chi connectivity index (χ3v) is 5.13. The second-order valence-electron chi connectivity index (χ2n) is 5.63. The Bertz CT molecular complexity index is 661. The van der Waals surface area contributed by atoms with E-state index in [0.717, 1.165) is 6.07 Å². The molecule has 1 heterocycles. The summed E-state index contributed by atoms with van der Waals surface area (Å²) in [6.07, 6.45) is 0.539. The summed E-state index contributed by atoms with van der Waals surface area (Å²) in [4.78, 5) is 11.7. The predicted molar refractivity (Wildman–Crippen MR) is 84.0 cm³/mol. The minimum atomic E-state index is -3.34. The first-order valence-electron chi connectivity index (χ1n) is 7.14. The van der Waals surface area contributed by atoms with Gasteiger partial charge in [-0.2, -0.15) is 0 Å². The molecule has 0 aliphatic carbocycles. The monoisotopic (exact) mass is 329 g/mol. The number of urea groups is 1. The summed E-state index contributed by atoms with van der Waals surface area (Å²) in [5, 5.41) is 5.02. The van der Waals surface area contributed by atoms with Crippen LogP contribution in [0, 0.1) is 11.7 Å². The van der Waals surface area contributed by atoms with Crippen LogP contribution in [-0.4, -0.2) is 33.3 Å². The molecule has 2 rings (SSSR count). The van der Waals surface area contributed by atoms with Crippen LogP contribution in [0.5, 0.6) is 0 Å². The Kier molecular flexibility index (Phi) is 4.90. The van der Waals surface area contributed by atoms with E-state index < -0.39 is 21.9 Å². The summed E-state index contributed by atoms with van der Waals surface area (Å²) in [6.45, 7) is 4.72. The van der Waals surface area contributed by atoms with E-state index in [2.05, 4.69) is 10.6 Å². The highest BCUT2D eigenvalue weighted by Crippen LogP contribution is 2.28. The van der Waals surface area contributed by atoms with Gasteiger partial charge < -0.3 is 10.6 Å². The Morgan fingerprint density at radius 2 is 2.14 bits per heavy atom. The summed E-state index contributed by atoms with van der Waals surface area (Å²) in [6, 6.07) is 3.37. The number of anilines is 2. The predicted octanol–water partition coefficient (Wildman–Crippen LogP) is 2.14. The van der Waals surface area contributed by atoms with Crippen molar-refractivity contribution in [1.82, 2.24) is 5.32 Å². The minimum absolute atomic E-state index is 0.0409. The zero-order valence-electron chi connectivity index (χ0n) is 12.6. The molecule has 8 heteroatoms. The fraction of sp³-hybridized carbons (Fsp3) is 0.500.